The molecule has 0 radical (unpaired) electrons. The van der Waals surface area contributed by atoms with Gasteiger partial charge in [0, 0.05) is 12.0 Å². The summed E-state index contributed by atoms with van der Waals surface area (Å²) in [6, 6.07) is 7.57. The number of hydrogen-bond acceptors (Lipinski definition) is 4. The summed E-state index contributed by atoms with van der Waals surface area (Å²) in [4.78, 5) is 0. The van der Waals surface area contributed by atoms with Crippen molar-refractivity contribution >= 4 is 8.32 Å². The van der Waals surface area contributed by atoms with Gasteiger partial charge in [-0.3, -0.25) is 0 Å². The third kappa shape index (κ3) is 5.18. The first-order valence-electron chi connectivity index (χ1n) is 10.6. The summed E-state index contributed by atoms with van der Waals surface area (Å²) >= 11 is 0. The predicted octanol–water partition coefficient (Wildman–Crippen LogP) is 6.31. The van der Waals surface area contributed by atoms with Crippen LogP contribution < -0.4 is 4.74 Å². The lowest BCUT2D eigenvalue weighted by Crippen LogP contribution is -2.54. The molecular weight excluding hydrogens is 368 g/mol. The molecule has 4 nitrogen and oxygen atoms in total. The minimum Gasteiger partial charge on any atom is -0.497 e. The van der Waals surface area contributed by atoms with E-state index in [1.807, 2.05) is 45.0 Å². The zero-order valence-electron chi connectivity index (χ0n) is 19.6. The van der Waals surface area contributed by atoms with Gasteiger partial charge < -0.3 is 19.0 Å². The molecule has 1 aromatic rings. The van der Waals surface area contributed by atoms with Crippen LogP contribution in [0.2, 0.25) is 16.6 Å². The molecule has 0 amide bonds. The molecule has 0 heterocycles. The highest BCUT2D eigenvalue weighted by Crippen LogP contribution is 2.47. The molecule has 1 N–H and O–H groups in total. The smallest absolute Gasteiger partial charge is 0.203 e. The van der Waals surface area contributed by atoms with Crippen molar-refractivity contribution in [3.05, 3.63) is 29.8 Å². The van der Waals surface area contributed by atoms with Gasteiger partial charge in [0.2, 0.25) is 8.32 Å². The standard InChI is InChI=1S/C23H42O4Si/c1-11-26-22(27-28(16(2)3,17(4)5)18(6)7)23(8,9)21(24)19-12-14-20(25-10)15-13-19/h12-18,21-22,24H,11H2,1-10H3. The average Bonchev–Trinajstić information content (AvgIpc) is 2.63. The van der Waals surface area contributed by atoms with Gasteiger partial charge in [0.1, 0.15) is 5.75 Å². The van der Waals surface area contributed by atoms with Crippen molar-refractivity contribution in [2.75, 3.05) is 13.7 Å². The van der Waals surface area contributed by atoms with Gasteiger partial charge in [-0.05, 0) is 41.2 Å². The lowest BCUT2D eigenvalue weighted by molar-refractivity contribution is -0.186. The maximum atomic E-state index is 11.2. The fourth-order valence-electron chi connectivity index (χ4n) is 4.49. The van der Waals surface area contributed by atoms with Gasteiger partial charge in [-0.2, -0.15) is 0 Å². The highest BCUT2D eigenvalue weighted by molar-refractivity contribution is 6.77. The molecular formula is C23H42O4Si. The maximum Gasteiger partial charge on any atom is 0.203 e. The molecule has 2 unspecified atom stereocenters. The summed E-state index contributed by atoms with van der Waals surface area (Å²) in [5, 5.41) is 11.2. The molecule has 5 heteroatoms. The Morgan fingerprint density at radius 2 is 1.39 bits per heavy atom. The Morgan fingerprint density at radius 1 is 0.929 bits per heavy atom. The molecule has 0 aliphatic heterocycles. The van der Waals surface area contributed by atoms with Gasteiger partial charge in [-0.25, -0.2) is 0 Å². The second kappa shape index (κ2) is 10.2. The van der Waals surface area contributed by atoms with Gasteiger partial charge in [-0.15, -0.1) is 0 Å². The zero-order chi connectivity index (χ0) is 21.7. The molecule has 0 bridgehead atoms. The van der Waals surface area contributed by atoms with E-state index in [1.165, 1.54) is 0 Å². The van der Waals surface area contributed by atoms with E-state index in [1.54, 1.807) is 7.11 Å². The van der Waals surface area contributed by atoms with Crippen molar-refractivity contribution in [2.24, 2.45) is 5.41 Å². The minimum atomic E-state index is -2.16. The average molecular weight is 411 g/mol. The third-order valence-electron chi connectivity index (χ3n) is 6.08. The van der Waals surface area contributed by atoms with Crippen LogP contribution in [0.5, 0.6) is 5.75 Å². The summed E-state index contributed by atoms with van der Waals surface area (Å²) < 4.78 is 18.3. The molecule has 2 atom stereocenters. The number of aliphatic hydroxyl groups is 1. The second-order valence-electron chi connectivity index (χ2n) is 9.22. The number of rotatable bonds is 11. The third-order valence-corrected chi connectivity index (χ3v) is 12.1. The SMILES string of the molecule is CCOC(O[Si](C(C)C)(C(C)C)C(C)C)C(C)(C)C(O)c1ccc(OC)cc1. The van der Waals surface area contributed by atoms with E-state index in [0.717, 1.165) is 11.3 Å². The van der Waals surface area contributed by atoms with E-state index in [4.69, 9.17) is 13.9 Å². The summed E-state index contributed by atoms with van der Waals surface area (Å²) in [5.41, 5.74) is 1.57. The fourth-order valence-corrected chi connectivity index (χ4v) is 10.0. The molecule has 0 fully saturated rings. The van der Waals surface area contributed by atoms with Gasteiger partial charge in [0.25, 0.3) is 0 Å². The Hall–Kier alpha value is -0.883. The van der Waals surface area contributed by atoms with Gasteiger partial charge >= 0.3 is 0 Å². The molecule has 0 spiro atoms. The molecule has 28 heavy (non-hydrogen) atoms. The van der Waals surface area contributed by atoms with Crippen LogP contribution in [0.15, 0.2) is 24.3 Å². The summed E-state index contributed by atoms with van der Waals surface area (Å²) in [6.45, 7) is 20.2. The largest absolute Gasteiger partial charge is 0.497 e. The van der Waals surface area contributed by atoms with Crippen LogP contribution in [0.1, 0.15) is 74.0 Å². The first kappa shape index (κ1) is 25.2. The van der Waals surface area contributed by atoms with Crippen molar-refractivity contribution in [3.63, 3.8) is 0 Å². The normalized spacial score (nSPS) is 15.4. The van der Waals surface area contributed by atoms with E-state index in [9.17, 15) is 5.11 Å². The van der Waals surface area contributed by atoms with Crippen molar-refractivity contribution in [1.82, 2.24) is 0 Å². The predicted molar refractivity (Wildman–Crippen MR) is 119 cm³/mol. The fraction of sp³-hybridized carbons (Fsp3) is 0.739. The molecule has 1 aromatic carbocycles. The van der Waals surface area contributed by atoms with Gasteiger partial charge in [0.15, 0.2) is 6.29 Å². The summed E-state index contributed by atoms with van der Waals surface area (Å²) in [6.07, 6.45) is -1.19. The molecule has 0 aromatic heterocycles. The van der Waals surface area contributed by atoms with Crippen LogP contribution in [0.25, 0.3) is 0 Å². The van der Waals surface area contributed by atoms with Crippen molar-refractivity contribution in [1.29, 1.82) is 0 Å². The van der Waals surface area contributed by atoms with Crippen molar-refractivity contribution in [2.45, 2.75) is 91.3 Å². The number of methoxy groups -OCH3 is 1. The molecule has 162 valence electrons. The molecule has 0 saturated carbocycles. The van der Waals surface area contributed by atoms with Gasteiger partial charge in [-0.1, -0.05) is 67.5 Å². The van der Waals surface area contributed by atoms with E-state index in [-0.39, 0.29) is 0 Å². The maximum absolute atomic E-state index is 11.2. The minimum absolute atomic E-state index is 0.449. The Labute approximate surface area is 173 Å². The molecule has 0 aliphatic rings. The van der Waals surface area contributed by atoms with E-state index in [0.29, 0.717) is 23.2 Å². The van der Waals surface area contributed by atoms with Gasteiger partial charge in [0.05, 0.1) is 13.2 Å². The Balaban J connectivity index is 3.28. The van der Waals surface area contributed by atoms with E-state index in [2.05, 4.69) is 41.5 Å². The van der Waals surface area contributed by atoms with Crippen LogP contribution in [-0.4, -0.2) is 33.4 Å². The highest BCUT2D eigenvalue weighted by atomic mass is 28.4. The molecule has 0 saturated heterocycles. The van der Waals surface area contributed by atoms with Crippen LogP contribution in [0.4, 0.5) is 0 Å². The summed E-state index contributed by atoms with van der Waals surface area (Å²) in [5.74, 6) is 0.775. The van der Waals surface area contributed by atoms with E-state index >= 15 is 0 Å². The first-order chi connectivity index (χ1) is 12.9. The lowest BCUT2D eigenvalue weighted by atomic mass is 9.82. The van der Waals surface area contributed by atoms with Crippen molar-refractivity contribution in [3.8, 4) is 5.75 Å². The number of ether oxygens (including phenoxy) is 2. The number of benzene rings is 1. The zero-order valence-corrected chi connectivity index (χ0v) is 20.6. The Bertz CT molecular complexity index is 559. The monoisotopic (exact) mass is 410 g/mol. The first-order valence-corrected chi connectivity index (χ1v) is 12.7. The highest BCUT2D eigenvalue weighted by Gasteiger charge is 2.50. The Morgan fingerprint density at radius 3 is 1.75 bits per heavy atom. The van der Waals surface area contributed by atoms with Crippen LogP contribution in [0.3, 0.4) is 0 Å². The quantitative estimate of drug-likeness (QED) is 0.343. The number of hydrogen-bond donors (Lipinski definition) is 1. The van der Waals surface area contributed by atoms with Crippen LogP contribution in [0, 0.1) is 5.41 Å². The van der Waals surface area contributed by atoms with E-state index < -0.39 is 26.1 Å². The number of aliphatic hydroxyl groups excluding tert-OH is 1. The topological polar surface area (TPSA) is 47.9 Å². The summed E-state index contributed by atoms with van der Waals surface area (Å²) in [7, 11) is -0.514. The lowest BCUT2D eigenvalue weighted by Gasteiger charge is -2.48. The molecule has 1 rings (SSSR count). The Kier molecular flexibility index (Phi) is 9.20. The second-order valence-corrected chi connectivity index (χ2v) is 14.6. The molecule has 0 aliphatic carbocycles. The van der Waals surface area contributed by atoms with Crippen molar-refractivity contribution < 1.29 is 19.0 Å². The van der Waals surface area contributed by atoms with Crippen LogP contribution in [-0.2, 0) is 9.16 Å². The van der Waals surface area contributed by atoms with Crippen LogP contribution >= 0.6 is 0 Å².